The number of nitrogens with two attached hydrogens (primary N) is 1. The van der Waals surface area contributed by atoms with Gasteiger partial charge in [-0.1, -0.05) is 79.6 Å². The lowest BCUT2D eigenvalue weighted by atomic mass is 9.98. The molecule has 0 fully saturated rings. The monoisotopic (exact) mass is 398 g/mol. The molecule has 2 amide bonds. The second kappa shape index (κ2) is 14.6. The number of imide groups is 1. The molecule has 0 rings (SSSR count). The number of aliphatic carboxylic acids is 1. The highest BCUT2D eigenvalue weighted by molar-refractivity contribution is 6.01. The van der Waals surface area contributed by atoms with Crippen LogP contribution in [0.2, 0.25) is 0 Å². The minimum Gasteiger partial charge on any atom is -0.480 e. The van der Waals surface area contributed by atoms with Crippen molar-refractivity contribution in [2.24, 2.45) is 17.6 Å². The van der Waals surface area contributed by atoms with Crippen LogP contribution in [0.4, 0.5) is 0 Å². The van der Waals surface area contributed by atoms with Gasteiger partial charge >= 0.3 is 5.97 Å². The van der Waals surface area contributed by atoms with E-state index in [1.165, 1.54) is 25.7 Å². The van der Waals surface area contributed by atoms with Gasteiger partial charge in [-0.25, -0.2) is 4.79 Å². The van der Waals surface area contributed by atoms with E-state index in [1.807, 2.05) is 13.8 Å². The van der Waals surface area contributed by atoms with Crippen LogP contribution in [-0.4, -0.2) is 39.9 Å². The summed E-state index contributed by atoms with van der Waals surface area (Å²) in [6.45, 7) is 9.48. The van der Waals surface area contributed by atoms with Crippen molar-refractivity contribution in [3.8, 4) is 0 Å². The van der Waals surface area contributed by atoms with E-state index >= 15 is 0 Å². The van der Waals surface area contributed by atoms with Crippen molar-refractivity contribution in [2.75, 3.05) is 0 Å². The van der Waals surface area contributed by atoms with Crippen molar-refractivity contribution in [3.05, 3.63) is 0 Å². The van der Waals surface area contributed by atoms with Crippen LogP contribution in [0.3, 0.4) is 0 Å². The molecule has 0 aromatic carbocycles. The van der Waals surface area contributed by atoms with Gasteiger partial charge in [0.2, 0.25) is 11.8 Å². The van der Waals surface area contributed by atoms with Gasteiger partial charge in [0, 0.05) is 6.42 Å². The highest BCUT2D eigenvalue weighted by atomic mass is 16.4. The Morgan fingerprint density at radius 1 is 0.893 bits per heavy atom. The topological polar surface area (TPSA) is 101 Å². The molecule has 0 saturated heterocycles. The zero-order valence-electron chi connectivity index (χ0n) is 18.6. The smallest absolute Gasteiger partial charge is 0.327 e. The second-order valence-electron chi connectivity index (χ2n) is 8.59. The molecule has 0 heterocycles. The SMILES string of the molecule is CCCCCCCCCCC(=O)N(C(=O)[C@@H](N)CC(C)C)[C@H](C(=O)O)C(C)C. The first-order valence-electron chi connectivity index (χ1n) is 11.0. The van der Waals surface area contributed by atoms with Crippen molar-refractivity contribution in [3.63, 3.8) is 0 Å². The highest BCUT2D eigenvalue weighted by Gasteiger charge is 2.38. The summed E-state index contributed by atoms with van der Waals surface area (Å²) in [5, 5.41) is 9.60. The molecule has 0 saturated carbocycles. The number of carboxylic acid groups (broad SMARTS) is 1. The van der Waals surface area contributed by atoms with Crippen molar-refractivity contribution in [1.82, 2.24) is 4.90 Å². The third kappa shape index (κ3) is 10.2. The fourth-order valence-electron chi connectivity index (χ4n) is 3.43. The first-order chi connectivity index (χ1) is 13.1. The van der Waals surface area contributed by atoms with Gasteiger partial charge in [-0.2, -0.15) is 0 Å². The van der Waals surface area contributed by atoms with E-state index in [-0.39, 0.29) is 18.3 Å². The van der Waals surface area contributed by atoms with E-state index in [2.05, 4.69) is 6.92 Å². The first-order valence-corrected chi connectivity index (χ1v) is 11.0. The minimum atomic E-state index is -1.17. The number of carbonyl (C=O) groups excluding carboxylic acids is 2. The number of unbranched alkanes of at least 4 members (excludes halogenated alkanes) is 7. The maximum Gasteiger partial charge on any atom is 0.327 e. The van der Waals surface area contributed by atoms with Crippen LogP contribution in [0.15, 0.2) is 0 Å². The van der Waals surface area contributed by atoms with Gasteiger partial charge in [0.1, 0.15) is 6.04 Å². The van der Waals surface area contributed by atoms with Gasteiger partial charge in [-0.3, -0.25) is 14.5 Å². The quantitative estimate of drug-likeness (QED) is 0.399. The molecule has 0 aliphatic heterocycles. The molecule has 0 bridgehead atoms. The molecule has 6 nitrogen and oxygen atoms in total. The Kier molecular flexibility index (Phi) is 13.8. The maximum atomic E-state index is 12.8. The molecule has 3 N–H and O–H groups in total. The van der Waals surface area contributed by atoms with Crippen molar-refractivity contribution in [2.45, 2.75) is 111 Å². The molecule has 0 unspecified atom stereocenters. The van der Waals surface area contributed by atoms with Crippen LogP contribution < -0.4 is 5.73 Å². The number of hydrogen-bond acceptors (Lipinski definition) is 4. The van der Waals surface area contributed by atoms with Crippen molar-refractivity contribution < 1.29 is 19.5 Å². The normalized spacial score (nSPS) is 13.6. The lowest BCUT2D eigenvalue weighted by Crippen LogP contribution is -2.56. The zero-order valence-corrected chi connectivity index (χ0v) is 18.6. The molecule has 0 radical (unpaired) electrons. The third-order valence-corrected chi connectivity index (χ3v) is 4.96. The molecule has 0 spiro atoms. The maximum absolute atomic E-state index is 12.8. The number of carbonyl (C=O) groups is 3. The lowest BCUT2D eigenvalue weighted by Gasteiger charge is -2.32. The predicted octanol–water partition coefficient (Wildman–Crippen LogP) is 4.36. The summed E-state index contributed by atoms with van der Waals surface area (Å²) in [4.78, 5) is 38.3. The molecule has 2 atom stereocenters. The standard InChI is InChI=1S/C22H42N2O4/c1-6-7-8-9-10-11-12-13-14-19(25)24(20(17(4)5)22(27)28)21(26)18(23)15-16(2)3/h16-18,20H,6-15,23H2,1-5H3,(H,27,28)/t18-,20-/m0/s1. The zero-order chi connectivity index (χ0) is 21.7. The van der Waals surface area contributed by atoms with E-state index in [0.29, 0.717) is 12.8 Å². The Hall–Kier alpha value is -1.43. The van der Waals surface area contributed by atoms with Crippen LogP contribution >= 0.6 is 0 Å². The van der Waals surface area contributed by atoms with Crippen LogP contribution in [0.5, 0.6) is 0 Å². The van der Waals surface area contributed by atoms with Crippen LogP contribution in [0, 0.1) is 11.8 Å². The highest BCUT2D eigenvalue weighted by Crippen LogP contribution is 2.18. The van der Waals surface area contributed by atoms with Gasteiger partial charge in [-0.05, 0) is 24.7 Å². The summed E-state index contributed by atoms with van der Waals surface area (Å²) in [7, 11) is 0. The minimum absolute atomic E-state index is 0.186. The van der Waals surface area contributed by atoms with Crippen LogP contribution in [0.1, 0.15) is 98.8 Å². The Balaban J connectivity index is 4.88. The summed E-state index contributed by atoms with van der Waals surface area (Å²) in [5.41, 5.74) is 5.99. The lowest BCUT2D eigenvalue weighted by molar-refractivity contribution is -0.160. The summed E-state index contributed by atoms with van der Waals surface area (Å²) >= 11 is 0. The molecule has 0 aromatic heterocycles. The first kappa shape index (κ1) is 26.6. The van der Waals surface area contributed by atoms with Crippen molar-refractivity contribution >= 4 is 17.8 Å². The molecule has 0 aliphatic rings. The number of nitrogens with zero attached hydrogens (tertiary/aromatic N) is 1. The number of hydrogen-bond donors (Lipinski definition) is 2. The Bertz CT molecular complexity index is 477. The van der Waals surface area contributed by atoms with Gasteiger partial charge in [0.05, 0.1) is 6.04 Å². The summed E-state index contributed by atoms with van der Waals surface area (Å²) in [6, 6.07) is -2.03. The average molecular weight is 399 g/mol. The van der Waals surface area contributed by atoms with E-state index in [1.54, 1.807) is 13.8 Å². The van der Waals surface area contributed by atoms with Gasteiger partial charge < -0.3 is 10.8 Å². The van der Waals surface area contributed by atoms with E-state index < -0.39 is 29.9 Å². The Morgan fingerprint density at radius 3 is 1.82 bits per heavy atom. The largest absolute Gasteiger partial charge is 0.480 e. The number of amides is 2. The summed E-state index contributed by atoms with van der Waals surface area (Å²) in [6.07, 6.45) is 9.35. The Labute approximate surface area is 171 Å². The molecular formula is C22H42N2O4. The Morgan fingerprint density at radius 2 is 1.39 bits per heavy atom. The second-order valence-corrected chi connectivity index (χ2v) is 8.59. The number of carboxylic acids is 1. The average Bonchev–Trinajstić information content (AvgIpc) is 2.59. The van der Waals surface area contributed by atoms with E-state index in [4.69, 9.17) is 5.73 Å². The third-order valence-electron chi connectivity index (χ3n) is 4.96. The molecule has 6 heteroatoms. The van der Waals surface area contributed by atoms with Crippen LogP contribution in [-0.2, 0) is 14.4 Å². The molecular weight excluding hydrogens is 356 g/mol. The van der Waals surface area contributed by atoms with Crippen molar-refractivity contribution in [1.29, 1.82) is 0 Å². The molecule has 0 aromatic rings. The molecule has 164 valence electrons. The van der Waals surface area contributed by atoms with Gasteiger partial charge in [-0.15, -0.1) is 0 Å². The van der Waals surface area contributed by atoms with Crippen LogP contribution in [0.25, 0.3) is 0 Å². The predicted molar refractivity (Wildman–Crippen MR) is 113 cm³/mol. The van der Waals surface area contributed by atoms with E-state index in [0.717, 1.165) is 24.2 Å². The fraction of sp³-hybridized carbons (Fsp3) is 0.864. The van der Waals surface area contributed by atoms with Gasteiger partial charge in [0.15, 0.2) is 0 Å². The van der Waals surface area contributed by atoms with Gasteiger partial charge in [0.25, 0.3) is 0 Å². The number of rotatable bonds is 15. The summed E-state index contributed by atoms with van der Waals surface area (Å²) in [5.74, 6) is -2.35. The molecule has 28 heavy (non-hydrogen) atoms. The fourth-order valence-corrected chi connectivity index (χ4v) is 3.43. The summed E-state index contributed by atoms with van der Waals surface area (Å²) < 4.78 is 0. The van der Waals surface area contributed by atoms with E-state index in [9.17, 15) is 19.5 Å². The molecule has 0 aliphatic carbocycles.